The third-order valence-electron chi connectivity index (χ3n) is 4.93. The summed E-state index contributed by atoms with van der Waals surface area (Å²) >= 11 is 0. The van der Waals surface area contributed by atoms with Crippen LogP contribution in [0.5, 0.6) is 11.5 Å². The van der Waals surface area contributed by atoms with E-state index in [0.717, 1.165) is 34.6 Å². The summed E-state index contributed by atoms with van der Waals surface area (Å²) in [7, 11) is 3.27. The van der Waals surface area contributed by atoms with Crippen molar-refractivity contribution in [2.45, 2.75) is 19.4 Å². The largest absolute Gasteiger partial charge is 0.493 e. The molecular weight excluding hydrogens is 343 g/mol. The Morgan fingerprint density at radius 3 is 2.41 bits per heavy atom. The molecule has 5 heteroatoms. The smallest absolute Gasteiger partial charge is 0.162 e. The molecule has 0 aliphatic carbocycles. The Balaban J connectivity index is 1.98. The minimum Gasteiger partial charge on any atom is -0.493 e. The predicted molar refractivity (Wildman–Crippen MR) is 104 cm³/mol. The van der Waals surface area contributed by atoms with Crippen molar-refractivity contribution >= 4 is 5.71 Å². The summed E-state index contributed by atoms with van der Waals surface area (Å²) in [6, 6.07) is 14.4. The van der Waals surface area contributed by atoms with Gasteiger partial charge in [-0.05, 0) is 48.9 Å². The van der Waals surface area contributed by atoms with Crippen molar-refractivity contribution in [1.82, 2.24) is 4.57 Å². The Kier molecular flexibility index (Phi) is 4.44. The van der Waals surface area contributed by atoms with Gasteiger partial charge in [-0.1, -0.05) is 6.92 Å². The number of fused-ring (bicyclic) bond motifs is 3. The van der Waals surface area contributed by atoms with E-state index in [2.05, 4.69) is 11.5 Å². The van der Waals surface area contributed by atoms with Gasteiger partial charge in [-0.3, -0.25) is 4.99 Å². The first-order chi connectivity index (χ1) is 13.2. The number of halogens is 1. The molecule has 0 unspecified atom stereocenters. The number of aliphatic imine (C=N–C) groups is 1. The first-order valence-corrected chi connectivity index (χ1v) is 8.94. The Hall–Kier alpha value is -3.08. The lowest BCUT2D eigenvalue weighted by Crippen LogP contribution is -2.08. The summed E-state index contributed by atoms with van der Waals surface area (Å²) < 4.78 is 26.5. The highest BCUT2D eigenvalue weighted by Crippen LogP contribution is 2.40. The number of rotatable bonds is 4. The minimum absolute atomic E-state index is 0.0419. The molecule has 0 fully saturated rings. The number of hydrogen-bond donors (Lipinski definition) is 0. The van der Waals surface area contributed by atoms with E-state index in [-0.39, 0.29) is 11.9 Å². The van der Waals surface area contributed by atoms with E-state index in [1.54, 1.807) is 26.4 Å². The van der Waals surface area contributed by atoms with Crippen molar-refractivity contribution in [3.63, 3.8) is 0 Å². The fourth-order valence-corrected chi connectivity index (χ4v) is 3.58. The Bertz CT molecular complexity index is 1010. The van der Waals surface area contributed by atoms with Gasteiger partial charge in [-0.25, -0.2) is 4.39 Å². The molecule has 2 heterocycles. The van der Waals surface area contributed by atoms with Crippen LogP contribution in [0.1, 0.15) is 36.2 Å². The summed E-state index contributed by atoms with van der Waals surface area (Å²) in [5.74, 6) is 1.10. The molecule has 2 aromatic carbocycles. The van der Waals surface area contributed by atoms with Crippen LogP contribution in [0.3, 0.4) is 0 Å². The fourth-order valence-electron chi connectivity index (χ4n) is 3.58. The van der Waals surface area contributed by atoms with Gasteiger partial charge in [0.2, 0.25) is 0 Å². The first kappa shape index (κ1) is 17.3. The molecule has 27 heavy (non-hydrogen) atoms. The SMILES string of the molecule is CC[C@H]1N=C(c2ccc(F)cc2)c2cccn2-c2cc(OC)c(OC)cc21. The molecule has 0 spiro atoms. The highest BCUT2D eigenvalue weighted by molar-refractivity contribution is 6.12. The minimum atomic E-state index is -0.256. The number of ether oxygens (including phenoxy) is 2. The Morgan fingerprint density at radius 1 is 1.04 bits per heavy atom. The summed E-state index contributed by atoms with van der Waals surface area (Å²) in [6.07, 6.45) is 2.84. The molecule has 1 atom stereocenters. The molecule has 4 nitrogen and oxygen atoms in total. The summed E-state index contributed by atoms with van der Waals surface area (Å²) in [5.41, 5.74) is 4.79. The van der Waals surface area contributed by atoms with Crippen molar-refractivity contribution < 1.29 is 13.9 Å². The van der Waals surface area contributed by atoms with Gasteiger partial charge in [0, 0.05) is 23.4 Å². The van der Waals surface area contributed by atoms with E-state index in [4.69, 9.17) is 14.5 Å². The third kappa shape index (κ3) is 2.89. The number of benzene rings is 2. The maximum absolute atomic E-state index is 13.4. The van der Waals surface area contributed by atoms with Gasteiger partial charge in [0.25, 0.3) is 0 Å². The van der Waals surface area contributed by atoms with E-state index >= 15 is 0 Å². The molecule has 4 rings (SSSR count). The molecule has 138 valence electrons. The molecule has 1 aliphatic rings. The zero-order valence-corrected chi connectivity index (χ0v) is 15.6. The first-order valence-electron chi connectivity index (χ1n) is 8.94. The number of aromatic nitrogens is 1. The molecule has 0 N–H and O–H groups in total. The molecule has 0 saturated heterocycles. The van der Waals surface area contributed by atoms with Crippen LogP contribution in [-0.4, -0.2) is 24.5 Å². The highest BCUT2D eigenvalue weighted by atomic mass is 19.1. The van der Waals surface area contributed by atoms with Gasteiger partial charge in [0.1, 0.15) is 5.82 Å². The van der Waals surface area contributed by atoms with Crippen LogP contribution in [0, 0.1) is 5.82 Å². The lowest BCUT2D eigenvalue weighted by molar-refractivity contribution is 0.354. The Labute approximate surface area is 157 Å². The van der Waals surface area contributed by atoms with Crippen LogP contribution in [0.2, 0.25) is 0 Å². The van der Waals surface area contributed by atoms with Gasteiger partial charge < -0.3 is 14.0 Å². The average Bonchev–Trinajstić information content (AvgIpc) is 3.14. The van der Waals surface area contributed by atoms with Gasteiger partial charge in [-0.2, -0.15) is 0 Å². The van der Waals surface area contributed by atoms with Crippen LogP contribution in [0.15, 0.2) is 59.7 Å². The van der Waals surface area contributed by atoms with Crippen molar-refractivity contribution in [2.24, 2.45) is 4.99 Å². The fraction of sp³-hybridized carbons (Fsp3) is 0.227. The molecule has 0 radical (unpaired) electrons. The quantitative estimate of drug-likeness (QED) is 0.658. The standard InChI is InChI=1S/C22H21FN2O2/c1-4-17-16-12-20(26-2)21(27-3)13-19(16)25-11-5-6-18(25)22(24-17)14-7-9-15(23)10-8-14/h5-13,17H,4H2,1-3H3/t17-/m1/s1. The second-order valence-electron chi connectivity index (χ2n) is 6.44. The molecule has 0 bridgehead atoms. The monoisotopic (exact) mass is 364 g/mol. The third-order valence-corrected chi connectivity index (χ3v) is 4.93. The number of methoxy groups -OCH3 is 2. The van der Waals surface area contributed by atoms with E-state index in [1.165, 1.54) is 12.1 Å². The van der Waals surface area contributed by atoms with E-state index in [9.17, 15) is 4.39 Å². The van der Waals surface area contributed by atoms with Crippen molar-refractivity contribution in [1.29, 1.82) is 0 Å². The molecule has 1 aliphatic heterocycles. The molecule has 0 saturated carbocycles. The summed E-state index contributed by atoms with van der Waals surface area (Å²) in [5, 5.41) is 0. The van der Waals surface area contributed by atoms with Crippen LogP contribution >= 0.6 is 0 Å². The van der Waals surface area contributed by atoms with Crippen LogP contribution in [-0.2, 0) is 0 Å². The second-order valence-corrected chi connectivity index (χ2v) is 6.44. The summed E-state index contributed by atoms with van der Waals surface area (Å²) in [6.45, 7) is 2.11. The van der Waals surface area contributed by atoms with Crippen molar-refractivity contribution in [3.05, 3.63) is 77.4 Å². The van der Waals surface area contributed by atoms with Crippen LogP contribution in [0.4, 0.5) is 4.39 Å². The normalized spacial score (nSPS) is 15.4. The van der Waals surface area contributed by atoms with Crippen LogP contribution < -0.4 is 9.47 Å². The van der Waals surface area contributed by atoms with Gasteiger partial charge >= 0.3 is 0 Å². The maximum Gasteiger partial charge on any atom is 0.162 e. The van der Waals surface area contributed by atoms with Gasteiger partial charge in [0.15, 0.2) is 11.5 Å². The zero-order chi connectivity index (χ0) is 19.0. The van der Waals surface area contributed by atoms with Crippen LogP contribution in [0.25, 0.3) is 5.69 Å². The molecule has 1 aromatic heterocycles. The van der Waals surface area contributed by atoms with Gasteiger partial charge in [0.05, 0.1) is 37.4 Å². The Morgan fingerprint density at radius 2 is 1.74 bits per heavy atom. The lowest BCUT2D eigenvalue weighted by Gasteiger charge is -2.18. The molecule has 0 amide bonds. The topological polar surface area (TPSA) is 35.8 Å². The maximum atomic E-state index is 13.4. The van der Waals surface area contributed by atoms with Crippen molar-refractivity contribution in [3.8, 4) is 17.2 Å². The van der Waals surface area contributed by atoms with Crippen molar-refractivity contribution in [2.75, 3.05) is 14.2 Å². The van der Waals surface area contributed by atoms with E-state index in [1.807, 2.05) is 30.5 Å². The predicted octanol–water partition coefficient (Wildman–Crippen LogP) is 4.94. The van der Waals surface area contributed by atoms with E-state index < -0.39 is 0 Å². The van der Waals surface area contributed by atoms with E-state index in [0.29, 0.717) is 11.5 Å². The average molecular weight is 364 g/mol. The van der Waals surface area contributed by atoms with Gasteiger partial charge in [-0.15, -0.1) is 0 Å². The molecule has 3 aromatic rings. The number of nitrogens with zero attached hydrogens (tertiary/aromatic N) is 2. The lowest BCUT2D eigenvalue weighted by atomic mass is 10.0. The zero-order valence-electron chi connectivity index (χ0n) is 15.6. The molecular formula is C22H21FN2O2. The highest BCUT2D eigenvalue weighted by Gasteiger charge is 2.25. The number of hydrogen-bond acceptors (Lipinski definition) is 3. The summed E-state index contributed by atoms with van der Waals surface area (Å²) in [4.78, 5) is 5.06. The second kappa shape index (κ2) is 6.91.